The van der Waals surface area contributed by atoms with Crippen molar-refractivity contribution in [3.05, 3.63) is 29.6 Å². The Morgan fingerprint density at radius 2 is 2.12 bits per heavy atom. The minimum Gasteiger partial charge on any atom is -0.494 e. The first-order valence-corrected chi connectivity index (χ1v) is 8.98. The van der Waals surface area contributed by atoms with E-state index in [-0.39, 0.29) is 36.2 Å². The quantitative estimate of drug-likeness (QED) is 0.797. The second-order valence-electron chi connectivity index (χ2n) is 5.79. The Morgan fingerprint density at radius 1 is 1.42 bits per heavy atom. The second kappa shape index (κ2) is 7.45. The van der Waals surface area contributed by atoms with Crippen LogP contribution < -0.4 is 10.1 Å². The fraction of sp³-hybridized carbons (Fsp3) is 0.533. The first-order chi connectivity index (χ1) is 11.2. The molecule has 0 radical (unpaired) electrons. The van der Waals surface area contributed by atoms with Crippen LogP contribution >= 0.6 is 0 Å². The smallest absolute Gasteiger partial charge is 0.251 e. The van der Waals surface area contributed by atoms with Gasteiger partial charge in [-0.15, -0.1) is 0 Å². The van der Waals surface area contributed by atoms with E-state index in [1.54, 1.807) is 0 Å². The molecular weight excluding hydrogens is 339 g/mol. The maximum Gasteiger partial charge on any atom is 0.251 e. The molecule has 1 aromatic carbocycles. The molecule has 7 nitrogen and oxygen atoms in total. The Kier molecular flexibility index (Phi) is 5.79. The average Bonchev–Trinajstić information content (AvgIpc) is 2.93. The highest BCUT2D eigenvalue weighted by Gasteiger charge is 2.34. The fourth-order valence-electron chi connectivity index (χ4n) is 2.40. The number of benzene rings is 1. The maximum absolute atomic E-state index is 13.7. The topological polar surface area (TPSA) is 84.9 Å². The lowest BCUT2D eigenvalue weighted by molar-refractivity contribution is 0.0925. The van der Waals surface area contributed by atoms with Gasteiger partial charge >= 0.3 is 0 Å². The van der Waals surface area contributed by atoms with Crippen LogP contribution in [0.4, 0.5) is 4.39 Å². The Hall–Kier alpha value is -1.71. The van der Waals surface area contributed by atoms with Crippen LogP contribution in [0.2, 0.25) is 0 Å². The van der Waals surface area contributed by atoms with Gasteiger partial charge in [-0.3, -0.25) is 4.79 Å². The Morgan fingerprint density at radius 3 is 2.71 bits per heavy atom. The number of halogens is 1. The van der Waals surface area contributed by atoms with E-state index in [9.17, 15) is 17.6 Å². The van der Waals surface area contributed by atoms with Crippen LogP contribution in [0.25, 0.3) is 0 Å². The largest absolute Gasteiger partial charge is 0.494 e. The standard InChI is InChI=1S/C15H21FN2O5S/c1-18(2)24(20,21)9-11-7-23-8-13(11)17-15(19)10-4-5-14(22-3)12(16)6-10/h4-6,11,13H,7-9H2,1-3H3,(H,17,19)/t11-,13-/m0/s1. The van der Waals surface area contributed by atoms with Crippen molar-refractivity contribution in [2.45, 2.75) is 6.04 Å². The summed E-state index contributed by atoms with van der Waals surface area (Å²) in [6.45, 7) is 0.465. The lowest BCUT2D eigenvalue weighted by Crippen LogP contribution is -2.43. The summed E-state index contributed by atoms with van der Waals surface area (Å²) in [6.07, 6.45) is 0. The molecule has 9 heteroatoms. The number of carbonyl (C=O) groups is 1. The van der Waals surface area contributed by atoms with E-state index in [1.807, 2.05) is 0 Å². The average molecular weight is 360 g/mol. The van der Waals surface area contributed by atoms with Crippen molar-refractivity contribution in [2.75, 3.05) is 40.2 Å². The third-order valence-electron chi connectivity index (χ3n) is 3.91. The van der Waals surface area contributed by atoms with E-state index in [0.717, 1.165) is 10.4 Å². The second-order valence-corrected chi connectivity index (χ2v) is 8.02. The molecule has 0 aromatic heterocycles. The van der Waals surface area contributed by atoms with Gasteiger partial charge in [0, 0.05) is 25.6 Å². The van der Waals surface area contributed by atoms with Gasteiger partial charge in [-0.25, -0.2) is 17.1 Å². The first kappa shape index (κ1) is 18.6. The SMILES string of the molecule is COc1ccc(C(=O)N[C@H]2COC[C@H]2CS(=O)(=O)N(C)C)cc1F. The van der Waals surface area contributed by atoms with Crippen LogP contribution in [-0.2, 0) is 14.8 Å². The Balaban J connectivity index is 2.06. The molecule has 0 saturated carbocycles. The highest BCUT2D eigenvalue weighted by atomic mass is 32.2. The molecule has 0 bridgehead atoms. The van der Waals surface area contributed by atoms with Gasteiger partial charge in [0.15, 0.2) is 11.6 Å². The lowest BCUT2D eigenvalue weighted by atomic mass is 10.1. The zero-order chi connectivity index (χ0) is 17.9. The zero-order valence-electron chi connectivity index (χ0n) is 13.8. The maximum atomic E-state index is 13.7. The molecule has 1 aromatic rings. The van der Waals surface area contributed by atoms with Gasteiger partial charge in [-0.05, 0) is 18.2 Å². The van der Waals surface area contributed by atoms with E-state index in [4.69, 9.17) is 9.47 Å². The summed E-state index contributed by atoms with van der Waals surface area (Å²) in [5.74, 6) is -1.56. The van der Waals surface area contributed by atoms with Crippen LogP contribution in [0, 0.1) is 11.7 Å². The molecular formula is C15H21FN2O5S. The van der Waals surface area contributed by atoms with Crippen LogP contribution in [0.5, 0.6) is 5.75 Å². The molecule has 0 unspecified atom stereocenters. The number of ether oxygens (including phenoxy) is 2. The van der Waals surface area contributed by atoms with Crippen molar-refractivity contribution in [2.24, 2.45) is 5.92 Å². The molecule has 134 valence electrons. The van der Waals surface area contributed by atoms with Crippen molar-refractivity contribution in [3.8, 4) is 5.75 Å². The number of nitrogens with zero attached hydrogens (tertiary/aromatic N) is 1. The number of amides is 1. The molecule has 1 aliphatic heterocycles. The number of hydrogen-bond donors (Lipinski definition) is 1. The summed E-state index contributed by atoms with van der Waals surface area (Å²) in [7, 11) is 0.846. The number of rotatable bonds is 6. The van der Waals surface area contributed by atoms with Crippen molar-refractivity contribution in [3.63, 3.8) is 0 Å². The Bertz CT molecular complexity index is 708. The highest BCUT2D eigenvalue weighted by molar-refractivity contribution is 7.89. The lowest BCUT2D eigenvalue weighted by Gasteiger charge is -2.21. The predicted molar refractivity (Wildman–Crippen MR) is 86.0 cm³/mol. The predicted octanol–water partition coefficient (Wildman–Crippen LogP) is 0.470. The van der Waals surface area contributed by atoms with Crippen molar-refractivity contribution >= 4 is 15.9 Å². The Labute approximate surface area is 140 Å². The minimum absolute atomic E-state index is 0.0469. The number of hydrogen-bond acceptors (Lipinski definition) is 5. The van der Waals surface area contributed by atoms with E-state index >= 15 is 0 Å². The minimum atomic E-state index is -3.41. The third-order valence-corrected chi connectivity index (χ3v) is 5.87. The molecule has 0 spiro atoms. The van der Waals surface area contributed by atoms with E-state index in [2.05, 4.69) is 5.32 Å². The first-order valence-electron chi connectivity index (χ1n) is 7.37. The molecule has 1 amide bonds. The molecule has 0 aliphatic carbocycles. The molecule has 24 heavy (non-hydrogen) atoms. The summed E-state index contributed by atoms with van der Waals surface area (Å²) < 4.78 is 48.9. The van der Waals surface area contributed by atoms with Gasteiger partial charge in [0.2, 0.25) is 10.0 Å². The van der Waals surface area contributed by atoms with Gasteiger partial charge in [0.1, 0.15) is 0 Å². The summed E-state index contributed by atoms with van der Waals surface area (Å²) >= 11 is 0. The highest BCUT2D eigenvalue weighted by Crippen LogP contribution is 2.20. The third kappa shape index (κ3) is 4.22. The van der Waals surface area contributed by atoms with Gasteiger partial charge < -0.3 is 14.8 Å². The van der Waals surface area contributed by atoms with Gasteiger partial charge in [0.25, 0.3) is 5.91 Å². The molecule has 1 aliphatic rings. The summed E-state index contributed by atoms with van der Waals surface area (Å²) in [6, 6.07) is 3.44. The van der Waals surface area contributed by atoms with Gasteiger partial charge in [-0.1, -0.05) is 0 Å². The van der Waals surface area contributed by atoms with E-state index in [1.165, 1.54) is 33.3 Å². The van der Waals surface area contributed by atoms with E-state index < -0.39 is 27.8 Å². The molecule has 2 atom stereocenters. The molecule has 1 N–H and O–H groups in total. The van der Waals surface area contributed by atoms with Crippen LogP contribution in [0.1, 0.15) is 10.4 Å². The van der Waals surface area contributed by atoms with Crippen LogP contribution in [0.15, 0.2) is 18.2 Å². The molecule has 2 rings (SSSR count). The zero-order valence-corrected chi connectivity index (χ0v) is 14.6. The number of nitrogens with one attached hydrogen (secondary N) is 1. The summed E-state index contributed by atoms with van der Waals surface area (Å²) in [5.41, 5.74) is 0.134. The van der Waals surface area contributed by atoms with Gasteiger partial charge in [-0.2, -0.15) is 0 Å². The molecule has 1 saturated heterocycles. The summed E-state index contributed by atoms with van der Waals surface area (Å²) in [5, 5.41) is 2.72. The van der Waals surface area contributed by atoms with Crippen molar-refractivity contribution in [1.29, 1.82) is 0 Å². The van der Waals surface area contributed by atoms with Crippen LogP contribution in [0.3, 0.4) is 0 Å². The monoisotopic (exact) mass is 360 g/mol. The van der Waals surface area contributed by atoms with Crippen LogP contribution in [-0.4, -0.2) is 64.8 Å². The van der Waals surface area contributed by atoms with Crippen molar-refractivity contribution < 1.29 is 27.1 Å². The van der Waals surface area contributed by atoms with Crippen molar-refractivity contribution in [1.82, 2.24) is 9.62 Å². The number of sulfonamides is 1. The molecule has 1 fully saturated rings. The number of carbonyl (C=O) groups excluding carboxylic acids is 1. The normalized spacial score (nSPS) is 21.0. The van der Waals surface area contributed by atoms with Gasteiger partial charge in [0.05, 0.1) is 32.1 Å². The van der Waals surface area contributed by atoms with E-state index in [0.29, 0.717) is 0 Å². The summed E-state index contributed by atoms with van der Waals surface area (Å²) in [4.78, 5) is 12.3. The number of methoxy groups -OCH3 is 1. The fourth-order valence-corrected chi connectivity index (χ4v) is 3.57. The molecule has 1 heterocycles.